The summed E-state index contributed by atoms with van der Waals surface area (Å²) >= 11 is 0. The number of aromatic nitrogens is 2. The largest absolute Gasteiger partial charge is 0.491 e. The summed E-state index contributed by atoms with van der Waals surface area (Å²) in [6.45, 7) is 2.27. The summed E-state index contributed by atoms with van der Waals surface area (Å²) in [7, 11) is 0. The molecule has 0 saturated carbocycles. The van der Waals surface area contributed by atoms with Crippen LogP contribution in [0.15, 0.2) is 30.5 Å². The van der Waals surface area contributed by atoms with Crippen LogP contribution in [0.2, 0.25) is 0 Å². The van der Waals surface area contributed by atoms with Crippen LogP contribution in [0.5, 0.6) is 5.75 Å². The van der Waals surface area contributed by atoms with Gasteiger partial charge in [-0.05, 0) is 24.6 Å². The topological polar surface area (TPSA) is 27.1 Å². The third kappa shape index (κ3) is 3.09. The number of alkyl halides is 3. The molecule has 108 valence electrons. The maximum atomic E-state index is 13.3. The summed E-state index contributed by atoms with van der Waals surface area (Å²) in [6.07, 6.45) is -2.69. The Morgan fingerprint density at radius 1 is 1.25 bits per heavy atom. The molecule has 0 N–H and O–H groups in total. The van der Waals surface area contributed by atoms with Crippen LogP contribution in [0.25, 0.3) is 5.69 Å². The third-order valence-corrected chi connectivity index (χ3v) is 2.51. The zero-order valence-corrected chi connectivity index (χ0v) is 10.6. The van der Waals surface area contributed by atoms with Gasteiger partial charge in [-0.1, -0.05) is 6.92 Å². The zero-order chi connectivity index (χ0) is 14.8. The van der Waals surface area contributed by atoms with Crippen molar-refractivity contribution in [2.24, 2.45) is 0 Å². The van der Waals surface area contributed by atoms with Gasteiger partial charge in [0.25, 0.3) is 0 Å². The molecular formula is C13H12F4N2O. The lowest BCUT2D eigenvalue weighted by molar-refractivity contribution is -0.141. The van der Waals surface area contributed by atoms with E-state index < -0.39 is 17.7 Å². The Morgan fingerprint density at radius 3 is 2.60 bits per heavy atom. The Kier molecular flexibility index (Phi) is 3.96. The molecular weight excluding hydrogens is 276 g/mol. The SMILES string of the molecule is CCCOc1ccc(F)cc1-n1ccc(C(F)(F)F)n1. The minimum atomic E-state index is -4.54. The van der Waals surface area contributed by atoms with E-state index in [-0.39, 0.29) is 11.4 Å². The number of hydrogen-bond donors (Lipinski definition) is 0. The average Bonchev–Trinajstić information content (AvgIpc) is 2.86. The van der Waals surface area contributed by atoms with E-state index in [2.05, 4.69) is 5.10 Å². The quantitative estimate of drug-likeness (QED) is 0.800. The van der Waals surface area contributed by atoms with E-state index in [9.17, 15) is 17.6 Å². The molecule has 0 aliphatic carbocycles. The maximum Gasteiger partial charge on any atom is 0.435 e. The molecule has 7 heteroatoms. The summed E-state index contributed by atoms with van der Waals surface area (Å²) in [5.74, 6) is -0.294. The number of benzene rings is 1. The van der Waals surface area contributed by atoms with Gasteiger partial charge in [0.15, 0.2) is 5.69 Å². The van der Waals surface area contributed by atoms with Gasteiger partial charge in [-0.15, -0.1) is 0 Å². The molecule has 0 aliphatic rings. The predicted octanol–water partition coefficient (Wildman–Crippen LogP) is 3.82. The van der Waals surface area contributed by atoms with Gasteiger partial charge >= 0.3 is 6.18 Å². The highest BCUT2D eigenvalue weighted by Crippen LogP contribution is 2.29. The molecule has 20 heavy (non-hydrogen) atoms. The minimum absolute atomic E-state index is 0.133. The van der Waals surface area contributed by atoms with Crippen molar-refractivity contribution in [2.75, 3.05) is 6.61 Å². The molecule has 0 radical (unpaired) electrons. The zero-order valence-electron chi connectivity index (χ0n) is 10.6. The van der Waals surface area contributed by atoms with E-state index >= 15 is 0 Å². The van der Waals surface area contributed by atoms with Crippen LogP contribution >= 0.6 is 0 Å². The van der Waals surface area contributed by atoms with Gasteiger partial charge in [0, 0.05) is 12.3 Å². The minimum Gasteiger partial charge on any atom is -0.491 e. The molecule has 1 aromatic carbocycles. The number of nitrogens with zero attached hydrogens (tertiary/aromatic N) is 2. The smallest absolute Gasteiger partial charge is 0.435 e. The van der Waals surface area contributed by atoms with E-state index in [4.69, 9.17) is 4.74 Å². The first-order valence-corrected chi connectivity index (χ1v) is 5.97. The van der Waals surface area contributed by atoms with Crippen molar-refractivity contribution < 1.29 is 22.3 Å². The van der Waals surface area contributed by atoms with Crippen LogP contribution in [0, 0.1) is 5.82 Å². The van der Waals surface area contributed by atoms with Gasteiger partial charge in [-0.2, -0.15) is 18.3 Å². The molecule has 0 atom stereocenters. The van der Waals surface area contributed by atoms with Crippen molar-refractivity contribution in [3.63, 3.8) is 0 Å². The highest BCUT2D eigenvalue weighted by atomic mass is 19.4. The molecule has 0 fully saturated rings. The van der Waals surface area contributed by atoms with E-state index in [1.54, 1.807) is 0 Å². The van der Waals surface area contributed by atoms with Gasteiger partial charge in [0.1, 0.15) is 17.3 Å². The number of hydrogen-bond acceptors (Lipinski definition) is 2. The molecule has 2 aromatic rings. The van der Waals surface area contributed by atoms with Crippen molar-refractivity contribution in [2.45, 2.75) is 19.5 Å². The Labute approximate surface area is 112 Å². The molecule has 0 unspecified atom stereocenters. The molecule has 0 saturated heterocycles. The van der Waals surface area contributed by atoms with Gasteiger partial charge < -0.3 is 4.74 Å². The molecule has 1 heterocycles. The van der Waals surface area contributed by atoms with Gasteiger partial charge in [-0.3, -0.25) is 0 Å². The predicted molar refractivity (Wildman–Crippen MR) is 64.3 cm³/mol. The third-order valence-electron chi connectivity index (χ3n) is 2.51. The Hall–Kier alpha value is -2.05. The number of ether oxygens (including phenoxy) is 1. The summed E-state index contributed by atoms with van der Waals surface area (Å²) in [5.41, 5.74) is -0.905. The lowest BCUT2D eigenvalue weighted by Crippen LogP contribution is -2.08. The average molecular weight is 288 g/mol. The highest BCUT2D eigenvalue weighted by molar-refractivity contribution is 5.46. The first-order valence-electron chi connectivity index (χ1n) is 5.97. The van der Waals surface area contributed by atoms with E-state index in [0.29, 0.717) is 6.61 Å². The highest BCUT2D eigenvalue weighted by Gasteiger charge is 2.33. The lowest BCUT2D eigenvalue weighted by atomic mass is 10.3. The molecule has 3 nitrogen and oxygen atoms in total. The van der Waals surface area contributed by atoms with Crippen molar-refractivity contribution in [1.82, 2.24) is 9.78 Å². The van der Waals surface area contributed by atoms with E-state index in [1.807, 2.05) is 6.92 Å². The van der Waals surface area contributed by atoms with Gasteiger partial charge in [0.2, 0.25) is 0 Å². The first-order chi connectivity index (χ1) is 9.41. The molecule has 0 spiro atoms. The fourth-order valence-corrected chi connectivity index (χ4v) is 1.61. The van der Waals surface area contributed by atoms with E-state index in [1.165, 1.54) is 12.1 Å². The number of halogens is 4. The summed E-state index contributed by atoms with van der Waals surface area (Å²) < 4.78 is 57.2. The summed E-state index contributed by atoms with van der Waals surface area (Å²) in [5, 5.41) is 3.41. The molecule has 1 aromatic heterocycles. The van der Waals surface area contributed by atoms with Crippen molar-refractivity contribution in [3.8, 4) is 11.4 Å². The van der Waals surface area contributed by atoms with E-state index in [0.717, 1.165) is 29.4 Å². The lowest BCUT2D eigenvalue weighted by Gasteiger charge is -2.11. The molecule has 0 aliphatic heterocycles. The Balaban J connectivity index is 2.40. The van der Waals surface area contributed by atoms with Crippen LogP contribution in [0.4, 0.5) is 17.6 Å². The standard InChI is InChI=1S/C13H12F4N2O/c1-2-7-20-11-4-3-9(14)8-10(11)19-6-5-12(18-19)13(15,16)17/h3-6,8H,2,7H2,1H3. The summed E-state index contributed by atoms with van der Waals surface area (Å²) in [4.78, 5) is 0. The van der Waals surface area contributed by atoms with Crippen molar-refractivity contribution in [3.05, 3.63) is 42.0 Å². The molecule has 0 amide bonds. The first kappa shape index (κ1) is 14.4. The second kappa shape index (κ2) is 5.52. The van der Waals surface area contributed by atoms with Crippen LogP contribution in [0.1, 0.15) is 19.0 Å². The van der Waals surface area contributed by atoms with Gasteiger partial charge in [0.05, 0.1) is 6.61 Å². The van der Waals surface area contributed by atoms with Crippen molar-refractivity contribution in [1.29, 1.82) is 0 Å². The Morgan fingerprint density at radius 2 is 2.00 bits per heavy atom. The van der Waals surface area contributed by atoms with Crippen LogP contribution < -0.4 is 4.74 Å². The van der Waals surface area contributed by atoms with Crippen LogP contribution in [-0.4, -0.2) is 16.4 Å². The van der Waals surface area contributed by atoms with Crippen molar-refractivity contribution >= 4 is 0 Å². The van der Waals surface area contributed by atoms with Gasteiger partial charge in [-0.25, -0.2) is 9.07 Å². The van der Waals surface area contributed by atoms with Crippen LogP contribution in [0.3, 0.4) is 0 Å². The monoisotopic (exact) mass is 288 g/mol. The molecule has 2 rings (SSSR count). The normalized spacial score (nSPS) is 11.7. The van der Waals surface area contributed by atoms with Crippen LogP contribution in [-0.2, 0) is 6.18 Å². The fraction of sp³-hybridized carbons (Fsp3) is 0.308. The summed E-state index contributed by atoms with van der Waals surface area (Å²) in [6, 6.07) is 4.46. The maximum absolute atomic E-state index is 13.3. The fourth-order valence-electron chi connectivity index (χ4n) is 1.61. The second-order valence-electron chi connectivity index (χ2n) is 4.10. The number of rotatable bonds is 4. The molecule has 0 bridgehead atoms. The second-order valence-corrected chi connectivity index (χ2v) is 4.10. The Bertz CT molecular complexity index is 592.